The number of ether oxygens (including phenoxy) is 3. The number of hydrogen-bond acceptors (Lipinski definition) is 9. The summed E-state index contributed by atoms with van der Waals surface area (Å²) >= 11 is 5.90. The summed E-state index contributed by atoms with van der Waals surface area (Å²) < 4.78 is 38.2. The summed E-state index contributed by atoms with van der Waals surface area (Å²) in [6, 6.07) is 6.32. The molecule has 0 atom stereocenters. The molecule has 1 aliphatic heterocycles. The summed E-state index contributed by atoms with van der Waals surface area (Å²) in [5, 5.41) is 0.466. The molecule has 2 rings (SSSR count). The fourth-order valence-corrected chi connectivity index (χ4v) is 3.43. The second kappa shape index (κ2) is 9.54. The summed E-state index contributed by atoms with van der Waals surface area (Å²) in [6.45, 7) is 3.06. The Morgan fingerprint density at radius 2 is 1.62 bits per heavy atom. The van der Waals surface area contributed by atoms with Gasteiger partial charge in [-0.1, -0.05) is 11.6 Å². The highest BCUT2D eigenvalue weighted by molar-refractivity contribution is 7.57. The normalized spacial score (nSPS) is 16.9. The molecular formula is C18H21ClNO8P. The first kappa shape index (κ1) is 23.1. The van der Waals surface area contributed by atoms with Gasteiger partial charge >= 0.3 is 25.1 Å². The van der Waals surface area contributed by atoms with Gasteiger partial charge in [0.15, 0.2) is 5.76 Å². The van der Waals surface area contributed by atoms with Gasteiger partial charge in [0, 0.05) is 24.8 Å². The quantitative estimate of drug-likeness (QED) is 0.340. The number of hydrogen-bond donors (Lipinski definition) is 0. The number of carbonyl (C=O) groups excluding carboxylic acids is 2. The van der Waals surface area contributed by atoms with E-state index in [0.29, 0.717) is 10.6 Å². The molecule has 0 bridgehead atoms. The van der Waals surface area contributed by atoms with E-state index in [1.807, 2.05) is 0 Å². The molecule has 1 heterocycles. The van der Waals surface area contributed by atoms with Crippen LogP contribution in [0.4, 0.5) is 0 Å². The Labute approximate surface area is 173 Å². The number of aliphatic imine (C=N–C) groups is 1. The lowest BCUT2D eigenvalue weighted by molar-refractivity contribution is -0.162. The smallest absolute Gasteiger partial charge is 0.357 e. The molecule has 0 radical (unpaired) electrons. The zero-order valence-electron chi connectivity index (χ0n) is 16.3. The molecule has 1 aromatic rings. The lowest BCUT2D eigenvalue weighted by atomic mass is 9.99. The van der Waals surface area contributed by atoms with Crippen molar-refractivity contribution in [2.24, 2.45) is 4.99 Å². The molecule has 0 saturated carbocycles. The van der Waals surface area contributed by atoms with Gasteiger partial charge in [0.1, 0.15) is 0 Å². The molecule has 1 aromatic carbocycles. The summed E-state index contributed by atoms with van der Waals surface area (Å²) in [4.78, 5) is 29.9. The van der Waals surface area contributed by atoms with Gasteiger partial charge in [-0.3, -0.25) is 4.57 Å². The van der Waals surface area contributed by atoms with Crippen LogP contribution in [0.2, 0.25) is 5.02 Å². The summed E-state index contributed by atoms with van der Waals surface area (Å²) in [5.41, 5.74) is -1.94. The van der Waals surface area contributed by atoms with Crippen LogP contribution in [0.1, 0.15) is 19.4 Å². The molecule has 158 valence electrons. The largest absolute Gasteiger partial charge is 0.463 e. The predicted octanol–water partition coefficient (Wildman–Crippen LogP) is 3.31. The lowest BCUT2D eigenvalue weighted by Gasteiger charge is -2.22. The third kappa shape index (κ3) is 4.70. The van der Waals surface area contributed by atoms with Crippen LogP contribution in [-0.4, -0.2) is 50.8 Å². The van der Waals surface area contributed by atoms with Crippen molar-refractivity contribution in [2.75, 3.05) is 27.4 Å². The van der Waals surface area contributed by atoms with Gasteiger partial charge < -0.3 is 23.3 Å². The molecule has 0 amide bonds. The molecule has 0 saturated heterocycles. The fraction of sp³-hybridized carbons (Fsp3) is 0.389. The first-order chi connectivity index (χ1) is 13.8. The van der Waals surface area contributed by atoms with E-state index in [4.69, 9.17) is 34.9 Å². The first-order valence-corrected chi connectivity index (χ1v) is 10.6. The van der Waals surface area contributed by atoms with Gasteiger partial charge in [-0.25, -0.2) is 14.6 Å². The van der Waals surface area contributed by atoms with Gasteiger partial charge in [-0.05, 0) is 38.1 Å². The maximum Gasteiger partial charge on any atom is 0.357 e. The highest BCUT2D eigenvalue weighted by Gasteiger charge is 2.59. The topological polar surface area (TPSA) is 110 Å². The fourth-order valence-electron chi connectivity index (χ4n) is 2.41. The van der Waals surface area contributed by atoms with Crippen LogP contribution < -0.4 is 0 Å². The van der Waals surface area contributed by atoms with Crippen LogP contribution in [0.15, 0.2) is 40.8 Å². The highest BCUT2D eigenvalue weighted by Crippen LogP contribution is 2.51. The summed E-state index contributed by atoms with van der Waals surface area (Å²) in [7, 11) is -1.56. The van der Waals surface area contributed by atoms with Crippen LogP contribution >= 0.6 is 19.2 Å². The minimum atomic E-state index is -3.85. The number of benzene rings is 1. The second-order valence-corrected chi connectivity index (χ2v) is 8.08. The minimum absolute atomic E-state index is 0.0364. The van der Waals surface area contributed by atoms with Crippen molar-refractivity contribution in [2.45, 2.75) is 19.4 Å². The van der Waals surface area contributed by atoms with Crippen LogP contribution in [-0.2, 0) is 37.4 Å². The zero-order valence-corrected chi connectivity index (χ0v) is 18.0. The Hall–Kier alpha value is -2.19. The van der Waals surface area contributed by atoms with E-state index >= 15 is 0 Å². The Kier molecular flexibility index (Phi) is 7.60. The zero-order chi connectivity index (χ0) is 21.7. The number of halogens is 1. The SMILES string of the molecule is CCOC(=O)C1(C(=O)OCC)N=C(c2ccc(Cl)cc2)O/C1=C\P(=O)(OC)OC. The maximum absolute atomic E-state index is 12.8. The molecule has 0 unspecified atom stereocenters. The average molecular weight is 446 g/mol. The third-order valence-electron chi connectivity index (χ3n) is 3.85. The third-order valence-corrected chi connectivity index (χ3v) is 5.67. The molecule has 29 heavy (non-hydrogen) atoms. The van der Waals surface area contributed by atoms with E-state index in [1.54, 1.807) is 38.1 Å². The van der Waals surface area contributed by atoms with Gasteiger partial charge in [0.2, 0.25) is 5.90 Å². The summed E-state index contributed by atoms with van der Waals surface area (Å²) in [5.74, 6) is -1.67. The van der Waals surface area contributed by atoms with Gasteiger partial charge in [-0.15, -0.1) is 0 Å². The van der Waals surface area contributed by atoms with Gasteiger partial charge in [0.25, 0.3) is 0 Å². The van der Waals surface area contributed by atoms with Crippen molar-refractivity contribution >= 4 is 37.0 Å². The first-order valence-electron chi connectivity index (χ1n) is 8.58. The molecule has 0 fully saturated rings. The minimum Gasteiger partial charge on any atom is -0.463 e. The van der Waals surface area contributed by atoms with E-state index in [-0.39, 0.29) is 19.1 Å². The number of nitrogens with zero attached hydrogens (tertiary/aromatic N) is 1. The monoisotopic (exact) mass is 445 g/mol. The average Bonchev–Trinajstić information content (AvgIpc) is 3.09. The van der Waals surface area contributed by atoms with Crippen molar-refractivity contribution in [1.29, 1.82) is 0 Å². The Morgan fingerprint density at radius 3 is 2.07 bits per heavy atom. The predicted molar refractivity (Wildman–Crippen MR) is 105 cm³/mol. The van der Waals surface area contributed by atoms with Gasteiger partial charge in [-0.2, -0.15) is 0 Å². The Bertz CT molecular complexity index is 854. The molecule has 9 nitrogen and oxygen atoms in total. The van der Waals surface area contributed by atoms with Gasteiger partial charge in [0.05, 0.1) is 19.0 Å². The second-order valence-electron chi connectivity index (χ2n) is 5.58. The van der Waals surface area contributed by atoms with Crippen molar-refractivity contribution < 1.29 is 37.4 Å². The standard InChI is InChI=1S/C18H21ClNO8P/c1-5-26-16(21)18(17(22)27-6-2)14(11-29(23,24-3)25-4)28-15(20-18)12-7-9-13(19)10-8-12/h7-11H,5-6H2,1-4H3/b14-11-. The van der Waals surface area contributed by atoms with Crippen molar-refractivity contribution in [3.63, 3.8) is 0 Å². The van der Waals surface area contributed by atoms with Crippen molar-refractivity contribution in [3.8, 4) is 0 Å². The molecule has 0 spiro atoms. The van der Waals surface area contributed by atoms with Crippen molar-refractivity contribution in [3.05, 3.63) is 46.4 Å². The summed E-state index contributed by atoms with van der Waals surface area (Å²) in [6.07, 6.45) is 0. The lowest BCUT2D eigenvalue weighted by Crippen LogP contribution is -2.47. The molecular weight excluding hydrogens is 425 g/mol. The van der Waals surface area contributed by atoms with Crippen LogP contribution in [0.3, 0.4) is 0 Å². The molecule has 0 aromatic heterocycles. The van der Waals surface area contributed by atoms with Crippen molar-refractivity contribution in [1.82, 2.24) is 0 Å². The molecule has 0 N–H and O–H groups in total. The van der Waals surface area contributed by atoms with Crippen LogP contribution in [0, 0.1) is 0 Å². The Morgan fingerprint density at radius 1 is 1.10 bits per heavy atom. The number of carbonyl (C=O) groups is 2. The number of esters is 2. The number of rotatable bonds is 8. The molecule has 1 aliphatic rings. The molecule has 0 aliphatic carbocycles. The van der Waals surface area contributed by atoms with Crippen LogP contribution in [0.25, 0.3) is 0 Å². The van der Waals surface area contributed by atoms with E-state index in [0.717, 1.165) is 20.0 Å². The van der Waals surface area contributed by atoms with E-state index in [9.17, 15) is 14.2 Å². The van der Waals surface area contributed by atoms with E-state index < -0.39 is 30.8 Å². The van der Waals surface area contributed by atoms with Crippen LogP contribution in [0.5, 0.6) is 0 Å². The Balaban J connectivity index is 2.72. The van der Waals surface area contributed by atoms with E-state index in [1.165, 1.54) is 0 Å². The molecule has 11 heteroatoms. The highest BCUT2D eigenvalue weighted by atomic mass is 35.5. The van der Waals surface area contributed by atoms with E-state index in [2.05, 4.69) is 4.99 Å². The maximum atomic E-state index is 12.8.